The fourth-order valence-electron chi connectivity index (χ4n) is 3.09. The van der Waals surface area contributed by atoms with E-state index in [1.807, 2.05) is 0 Å². The van der Waals surface area contributed by atoms with Crippen molar-refractivity contribution in [1.29, 1.82) is 0 Å². The predicted octanol–water partition coefficient (Wildman–Crippen LogP) is 4.42. The monoisotopic (exact) mass is 237 g/mol. The van der Waals surface area contributed by atoms with Crippen LogP contribution in [0.1, 0.15) is 31.9 Å². The maximum atomic E-state index is 3.49. The number of nitrogens with one attached hydrogen (secondary N) is 1. The zero-order valence-corrected chi connectivity index (χ0v) is 11.2. The third-order valence-electron chi connectivity index (χ3n) is 3.97. The second-order valence-electron chi connectivity index (χ2n) is 5.43. The van der Waals surface area contributed by atoms with Crippen molar-refractivity contribution in [2.24, 2.45) is 0 Å². The molecule has 0 aliphatic heterocycles. The quantitative estimate of drug-likeness (QED) is 0.815. The van der Waals surface area contributed by atoms with Crippen LogP contribution < -0.4 is 5.32 Å². The van der Waals surface area contributed by atoms with E-state index in [1.54, 1.807) is 0 Å². The lowest BCUT2D eigenvalue weighted by Crippen LogP contribution is -2.14. The highest BCUT2D eigenvalue weighted by molar-refractivity contribution is 5.89. The van der Waals surface area contributed by atoms with E-state index in [1.165, 1.54) is 27.9 Å². The largest absolute Gasteiger partial charge is 0.385 e. The molecule has 92 valence electrons. The fraction of sp³-hybridized carbons (Fsp3) is 0.294. The molecule has 1 aliphatic carbocycles. The maximum absolute atomic E-state index is 3.49. The first-order chi connectivity index (χ1) is 8.66. The van der Waals surface area contributed by atoms with E-state index in [4.69, 9.17) is 0 Å². The lowest BCUT2D eigenvalue weighted by atomic mass is 9.82. The molecule has 0 heterocycles. The zero-order valence-electron chi connectivity index (χ0n) is 11.2. The molecule has 0 fully saturated rings. The smallest absolute Gasteiger partial charge is 0.0423 e. The average molecular weight is 237 g/mol. The molecule has 0 saturated carbocycles. The van der Waals surface area contributed by atoms with Crippen LogP contribution in [0.15, 0.2) is 42.5 Å². The molecule has 2 aromatic rings. The molecule has 0 saturated heterocycles. The Balaban J connectivity index is 2.33. The van der Waals surface area contributed by atoms with Gasteiger partial charge >= 0.3 is 0 Å². The molecule has 2 aromatic carbocycles. The van der Waals surface area contributed by atoms with Crippen LogP contribution in [0.2, 0.25) is 0 Å². The Morgan fingerprint density at radius 2 is 1.67 bits per heavy atom. The van der Waals surface area contributed by atoms with Gasteiger partial charge in [-0.15, -0.1) is 0 Å². The minimum absolute atomic E-state index is 0.108. The first kappa shape index (κ1) is 11.3. The Labute approximate surface area is 109 Å². The molecular formula is C17H19N. The molecule has 0 atom stereocenters. The lowest BCUT2D eigenvalue weighted by Gasteiger charge is -2.21. The van der Waals surface area contributed by atoms with Crippen molar-refractivity contribution in [2.75, 3.05) is 11.9 Å². The average Bonchev–Trinajstić information content (AvgIpc) is 2.61. The summed E-state index contributed by atoms with van der Waals surface area (Å²) in [5.41, 5.74) is 7.01. The molecule has 0 radical (unpaired) electrons. The van der Waals surface area contributed by atoms with Crippen LogP contribution in [-0.4, -0.2) is 6.54 Å². The molecule has 0 unspecified atom stereocenters. The molecule has 1 aliphatic rings. The predicted molar refractivity (Wildman–Crippen MR) is 78.2 cm³/mol. The van der Waals surface area contributed by atoms with Gasteiger partial charge in [0.25, 0.3) is 0 Å². The third-order valence-corrected chi connectivity index (χ3v) is 3.97. The van der Waals surface area contributed by atoms with Gasteiger partial charge in [0, 0.05) is 23.2 Å². The topological polar surface area (TPSA) is 12.0 Å². The van der Waals surface area contributed by atoms with Crippen molar-refractivity contribution in [3.8, 4) is 11.1 Å². The summed E-state index contributed by atoms with van der Waals surface area (Å²) in [5, 5.41) is 3.49. The number of hydrogen-bond donors (Lipinski definition) is 1. The molecule has 3 rings (SSSR count). The number of benzene rings is 2. The summed E-state index contributed by atoms with van der Waals surface area (Å²) >= 11 is 0. The van der Waals surface area contributed by atoms with Gasteiger partial charge in [-0.3, -0.25) is 0 Å². The Kier molecular flexibility index (Phi) is 2.44. The SMILES string of the molecule is CCNc1cccc2c1-c1ccccc1C2(C)C. The Hall–Kier alpha value is -1.76. The van der Waals surface area contributed by atoms with Gasteiger partial charge in [-0.2, -0.15) is 0 Å². The second-order valence-corrected chi connectivity index (χ2v) is 5.43. The highest BCUT2D eigenvalue weighted by Crippen LogP contribution is 2.51. The number of fused-ring (bicyclic) bond motifs is 3. The van der Waals surface area contributed by atoms with Gasteiger partial charge in [0.15, 0.2) is 0 Å². The van der Waals surface area contributed by atoms with Gasteiger partial charge in [-0.1, -0.05) is 50.2 Å². The molecule has 1 N–H and O–H groups in total. The van der Waals surface area contributed by atoms with Gasteiger partial charge in [-0.05, 0) is 29.7 Å². The molecule has 1 nitrogen and oxygen atoms in total. The first-order valence-corrected chi connectivity index (χ1v) is 6.63. The van der Waals surface area contributed by atoms with E-state index in [2.05, 4.69) is 68.6 Å². The summed E-state index contributed by atoms with van der Waals surface area (Å²) in [6.45, 7) is 7.73. The van der Waals surface area contributed by atoms with Crippen molar-refractivity contribution < 1.29 is 0 Å². The Morgan fingerprint density at radius 3 is 2.44 bits per heavy atom. The van der Waals surface area contributed by atoms with E-state index < -0.39 is 0 Å². The minimum Gasteiger partial charge on any atom is -0.385 e. The normalized spacial score (nSPS) is 15.1. The van der Waals surface area contributed by atoms with Gasteiger partial charge in [0.05, 0.1) is 0 Å². The summed E-state index contributed by atoms with van der Waals surface area (Å²) < 4.78 is 0. The Morgan fingerprint density at radius 1 is 0.944 bits per heavy atom. The highest BCUT2D eigenvalue weighted by atomic mass is 14.9. The van der Waals surface area contributed by atoms with Crippen molar-refractivity contribution in [3.05, 3.63) is 53.6 Å². The minimum atomic E-state index is 0.108. The van der Waals surface area contributed by atoms with Crippen LogP contribution in [0.4, 0.5) is 5.69 Å². The second kappa shape index (κ2) is 3.88. The van der Waals surface area contributed by atoms with Crippen LogP contribution in [0, 0.1) is 0 Å². The number of anilines is 1. The summed E-state index contributed by atoms with van der Waals surface area (Å²) in [7, 11) is 0. The van der Waals surface area contributed by atoms with Gasteiger partial charge in [-0.25, -0.2) is 0 Å². The van der Waals surface area contributed by atoms with Crippen LogP contribution in [0.25, 0.3) is 11.1 Å². The van der Waals surface area contributed by atoms with E-state index in [-0.39, 0.29) is 5.41 Å². The van der Waals surface area contributed by atoms with Crippen LogP contribution >= 0.6 is 0 Å². The summed E-state index contributed by atoms with van der Waals surface area (Å²) in [5.74, 6) is 0. The summed E-state index contributed by atoms with van der Waals surface area (Å²) in [6, 6.07) is 15.4. The standard InChI is InChI=1S/C17H19N/c1-4-18-15-11-7-10-14-16(15)12-8-5-6-9-13(12)17(14,2)3/h5-11,18H,4H2,1-3H3. The van der Waals surface area contributed by atoms with E-state index in [0.717, 1.165) is 6.54 Å². The molecule has 1 heteroatoms. The maximum Gasteiger partial charge on any atom is 0.0423 e. The van der Waals surface area contributed by atoms with E-state index >= 15 is 0 Å². The highest BCUT2D eigenvalue weighted by Gasteiger charge is 2.36. The molecule has 0 aromatic heterocycles. The Bertz CT molecular complexity index is 596. The molecule has 18 heavy (non-hydrogen) atoms. The molecule has 0 spiro atoms. The van der Waals surface area contributed by atoms with Crippen molar-refractivity contribution in [3.63, 3.8) is 0 Å². The van der Waals surface area contributed by atoms with Gasteiger partial charge in [0.1, 0.15) is 0 Å². The van der Waals surface area contributed by atoms with Crippen LogP contribution in [0.5, 0.6) is 0 Å². The lowest BCUT2D eigenvalue weighted by molar-refractivity contribution is 0.660. The van der Waals surface area contributed by atoms with Crippen molar-refractivity contribution in [2.45, 2.75) is 26.2 Å². The van der Waals surface area contributed by atoms with E-state index in [9.17, 15) is 0 Å². The van der Waals surface area contributed by atoms with Crippen molar-refractivity contribution in [1.82, 2.24) is 0 Å². The fourth-order valence-corrected chi connectivity index (χ4v) is 3.09. The molecule has 0 amide bonds. The first-order valence-electron chi connectivity index (χ1n) is 6.63. The third kappa shape index (κ3) is 1.40. The zero-order chi connectivity index (χ0) is 12.8. The van der Waals surface area contributed by atoms with Gasteiger partial charge < -0.3 is 5.32 Å². The molecular weight excluding hydrogens is 218 g/mol. The number of hydrogen-bond acceptors (Lipinski definition) is 1. The van der Waals surface area contributed by atoms with E-state index in [0.29, 0.717) is 0 Å². The van der Waals surface area contributed by atoms with Crippen molar-refractivity contribution >= 4 is 5.69 Å². The molecule has 0 bridgehead atoms. The summed E-state index contributed by atoms with van der Waals surface area (Å²) in [4.78, 5) is 0. The summed E-state index contributed by atoms with van der Waals surface area (Å²) in [6.07, 6.45) is 0. The van der Waals surface area contributed by atoms with Gasteiger partial charge in [0.2, 0.25) is 0 Å². The van der Waals surface area contributed by atoms with Crippen LogP contribution in [-0.2, 0) is 5.41 Å². The van der Waals surface area contributed by atoms with Crippen LogP contribution in [0.3, 0.4) is 0 Å². The number of rotatable bonds is 2.